The molecule has 1 aromatic heterocycles. The Kier molecular flexibility index (Phi) is 4.31. The molecule has 2 N–H and O–H groups in total. The summed E-state index contributed by atoms with van der Waals surface area (Å²) in [5.74, 6) is -0.294. The van der Waals surface area contributed by atoms with Gasteiger partial charge in [0.15, 0.2) is 0 Å². The monoisotopic (exact) mass is 313 g/mol. The molecule has 2 atom stereocenters. The Morgan fingerprint density at radius 2 is 2.44 bits per heavy atom. The van der Waals surface area contributed by atoms with E-state index in [1.54, 1.807) is 19.5 Å². The largest absolute Gasteiger partial charge is 0.380 e. The number of carbonyl (C=O) groups excluding carboxylic acids is 1. The second-order valence-electron chi connectivity index (χ2n) is 4.45. The average molecular weight is 314 g/mol. The molecule has 0 radical (unpaired) electrons. The molecule has 1 aliphatic rings. The van der Waals surface area contributed by atoms with Crippen molar-refractivity contribution in [3.8, 4) is 0 Å². The SMILES string of the molecule is CO[C@H]1C[C@@H](C(N)=O)N(Cc2cncc(Br)c2)C1. The molecule has 1 amide bonds. The van der Waals surface area contributed by atoms with E-state index in [2.05, 4.69) is 20.9 Å². The van der Waals surface area contributed by atoms with Crippen LogP contribution in [0.15, 0.2) is 22.9 Å². The van der Waals surface area contributed by atoms with Crippen LogP contribution in [0.4, 0.5) is 0 Å². The molecule has 0 aromatic carbocycles. The van der Waals surface area contributed by atoms with Crippen LogP contribution < -0.4 is 5.73 Å². The third-order valence-electron chi connectivity index (χ3n) is 3.17. The first-order chi connectivity index (χ1) is 8.60. The van der Waals surface area contributed by atoms with Crippen molar-refractivity contribution in [3.05, 3.63) is 28.5 Å². The molecular weight excluding hydrogens is 298 g/mol. The zero-order chi connectivity index (χ0) is 13.1. The summed E-state index contributed by atoms with van der Waals surface area (Å²) < 4.78 is 6.24. The van der Waals surface area contributed by atoms with E-state index in [4.69, 9.17) is 10.5 Å². The molecule has 1 aliphatic heterocycles. The number of methoxy groups -OCH3 is 1. The summed E-state index contributed by atoms with van der Waals surface area (Å²) in [6.45, 7) is 1.37. The third kappa shape index (κ3) is 3.07. The zero-order valence-corrected chi connectivity index (χ0v) is 11.8. The topological polar surface area (TPSA) is 68.5 Å². The second-order valence-corrected chi connectivity index (χ2v) is 5.37. The summed E-state index contributed by atoms with van der Waals surface area (Å²) >= 11 is 3.38. The maximum atomic E-state index is 11.4. The minimum Gasteiger partial charge on any atom is -0.380 e. The fraction of sp³-hybridized carbons (Fsp3) is 0.500. The number of carbonyl (C=O) groups is 1. The van der Waals surface area contributed by atoms with Crippen molar-refractivity contribution >= 4 is 21.8 Å². The Hall–Kier alpha value is -0.980. The summed E-state index contributed by atoms with van der Waals surface area (Å²) in [5, 5.41) is 0. The van der Waals surface area contributed by atoms with Crippen LogP contribution in [0.2, 0.25) is 0 Å². The molecule has 0 saturated carbocycles. The van der Waals surface area contributed by atoms with Gasteiger partial charge in [-0.15, -0.1) is 0 Å². The van der Waals surface area contributed by atoms with Gasteiger partial charge in [-0.05, 0) is 34.0 Å². The Balaban J connectivity index is 2.09. The van der Waals surface area contributed by atoms with Gasteiger partial charge in [-0.3, -0.25) is 14.7 Å². The first-order valence-corrected chi connectivity index (χ1v) is 6.55. The quantitative estimate of drug-likeness (QED) is 0.897. The number of primary amides is 1. The molecule has 0 spiro atoms. The maximum Gasteiger partial charge on any atom is 0.234 e. The Bertz CT molecular complexity index is 441. The number of aromatic nitrogens is 1. The normalized spacial score (nSPS) is 24.3. The highest BCUT2D eigenvalue weighted by Crippen LogP contribution is 2.22. The highest BCUT2D eigenvalue weighted by atomic mass is 79.9. The smallest absolute Gasteiger partial charge is 0.234 e. The molecule has 18 heavy (non-hydrogen) atoms. The Morgan fingerprint density at radius 1 is 1.67 bits per heavy atom. The van der Waals surface area contributed by atoms with E-state index >= 15 is 0 Å². The Morgan fingerprint density at radius 3 is 3.06 bits per heavy atom. The third-order valence-corrected chi connectivity index (χ3v) is 3.61. The van der Waals surface area contributed by atoms with Gasteiger partial charge in [0.25, 0.3) is 0 Å². The van der Waals surface area contributed by atoms with Crippen molar-refractivity contribution in [1.82, 2.24) is 9.88 Å². The van der Waals surface area contributed by atoms with Crippen LogP contribution in [0.1, 0.15) is 12.0 Å². The summed E-state index contributed by atoms with van der Waals surface area (Å²) in [4.78, 5) is 17.6. The second kappa shape index (κ2) is 5.77. The maximum absolute atomic E-state index is 11.4. The molecule has 0 bridgehead atoms. The van der Waals surface area contributed by atoms with Crippen LogP contribution in [-0.2, 0) is 16.1 Å². The lowest BCUT2D eigenvalue weighted by atomic mass is 10.2. The molecule has 1 saturated heterocycles. The first kappa shape index (κ1) is 13.5. The lowest BCUT2D eigenvalue weighted by Gasteiger charge is -2.21. The molecule has 0 unspecified atom stereocenters. The minimum atomic E-state index is -0.294. The van der Waals surface area contributed by atoms with Gasteiger partial charge in [-0.1, -0.05) is 0 Å². The van der Waals surface area contributed by atoms with Gasteiger partial charge in [0, 0.05) is 37.1 Å². The molecule has 5 nitrogen and oxygen atoms in total. The van der Waals surface area contributed by atoms with Gasteiger partial charge in [0.2, 0.25) is 5.91 Å². The number of hydrogen-bond acceptors (Lipinski definition) is 4. The average Bonchev–Trinajstić information content (AvgIpc) is 2.72. The molecule has 2 rings (SSSR count). The van der Waals surface area contributed by atoms with Crippen molar-refractivity contribution in [2.45, 2.75) is 25.1 Å². The zero-order valence-electron chi connectivity index (χ0n) is 10.2. The summed E-state index contributed by atoms with van der Waals surface area (Å²) in [6.07, 6.45) is 4.26. The number of pyridine rings is 1. The number of nitrogens with zero attached hydrogens (tertiary/aromatic N) is 2. The van der Waals surface area contributed by atoms with Crippen LogP contribution >= 0.6 is 15.9 Å². The molecule has 1 fully saturated rings. The highest BCUT2D eigenvalue weighted by molar-refractivity contribution is 9.10. The van der Waals surface area contributed by atoms with Gasteiger partial charge in [-0.25, -0.2) is 0 Å². The van der Waals surface area contributed by atoms with Gasteiger partial charge in [0.05, 0.1) is 12.1 Å². The van der Waals surface area contributed by atoms with E-state index < -0.39 is 0 Å². The van der Waals surface area contributed by atoms with Crippen LogP contribution in [0.25, 0.3) is 0 Å². The number of halogens is 1. The number of hydrogen-bond donors (Lipinski definition) is 1. The lowest BCUT2D eigenvalue weighted by Crippen LogP contribution is -2.39. The predicted octanol–water partition coefficient (Wildman–Crippen LogP) is 0.919. The van der Waals surface area contributed by atoms with E-state index in [9.17, 15) is 4.79 Å². The molecule has 1 aromatic rings. The number of nitrogens with two attached hydrogens (primary N) is 1. The van der Waals surface area contributed by atoms with Crippen LogP contribution in [0, 0.1) is 0 Å². The number of ether oxygens (including phenoxy) is 1. The fourth-order valence-corrected chi connectivity index (χ4v) is 2.69. The van der Waals surface area contributed by atoms with Crippen LogP contribution in [0.3, 0.4) is 0 Å². The van der Waals surface area contributed by atoms with Gasteiger partial charge < -0.3 is 10.5 Å². The van der Waals surface area contributed by atoms with E-state index in [1.807, 2.05) is 11.0 Å². The molecule has 98 valence electrons. The molecule has 6 heteroatoms. The van der Waals surface area contributed by atoms with E-state index in [1.165, 1.54) is 0 Å². The first-order valence-electron chi connectivity index (χ1n) is 5.75. The molecule has 0 aliphatic carbocycles. The lowest BCUT2D eigenvalue weighted by molar-refractivity contribution is -0.122. The number of likely N-dealkylation sites (tertiary alicyclic amines) is 1. The standard InChI is InChI=1S/C12H16BrN3O2/c1-18-10-3-11(12(14)17)16(7-10)6-8-2-9(13)5-15-4-8/h2,4-5,10-11H,3,6-7H2,1H3,(H2,14,17)/t10-,11-/m0/s1. The van der Waals surface area contributed by atoms with Crippen molar-refractivity contribution in [1.29, 1.82) is 0 Å². The molecule has 2 heterocycles. The number of amides is 1. The number of rotatable bonds is 4. The fourth-order valence-electron chi connectivity index (χ4n) is 2.28. The van der Waals surface area contributed by atoms with Crippen molar-refractivity contribution < 1.29 is 9.53 Å². The van der Waals surface area contributed by atoms with E-state index in [-0.39, 0.29) is 18.1 Å². The van der Waals surface area contributed by atoms with Crippen LogP contribution in [0.5, 0.6) is 0 Å². The van der Waals surface area contributed by atoms with Gasteiger partial charge >= 0.3 is 0 Å². The predicted molar refractivity (Wildman–Crippen MR) is 70.7 cm³/mol. The summed E-state index contributed by atoms with van der Waals surface area (Å²) in [5.41, 5.74) is 6.48. The van der Waals surface area contributed by atoms with E-state index in [0.29, 0.717) is 13.0 Å². The summed E-state index contributed by atoms with van der Waals surface area (Å²) in [7, 11) is 1.66. The summed E-state index contributed by atoms with van der Waals surface area (Å²) in [6, 6.07) is 1.74. The molecular formula is C12H16BrN3O2. The van der Waals surface area contributed by atoms with Crippen molar-refractivity contribution in [2.24, 2.45) is 5.73 Å². The highest BCUT2D eigenvalue weighted by Gasteiger charge is 2.35. The van der Waals surface area contributed by atoms with Crippen molar-refractivity contribution in [3.63, 3.8) is 0 Å². The van der Waals surface area contributed by atoms with Gasteiger partial charge in [-0.2, -0.15) is 0 Å². The Labute approximate surface area is 114 Å². The minimum absolute atomic E-state index is 0.0719. The van der Waals surface area contributed by atoms with Crippen molar-refractivity contribution in [2.75, 3.05) is 13.7 Å². The van der Waals surface area contributed by atoms with Gasteiger partial charge in [0.1, 0.15) is 0 Å². The van der Waals surface area contributed by atoms with Crippen LogP contribution in [-0.4, -0.2) is 41.6 Å². The van der Waals surface area contributed by atoms with E-state index in [0.717, 1.165) is 16.6 Å².